The van der Waals surface area contributed by atoms with Gasteiger partial charge in [0.05, 0.1) is 16.2 Å². The standard InChI is InChI=1S/C9H8F2N2O4/c1-4(14)5-2-8(17-9(10)11)6(12)3-7(5)13(15)16/h2-3,9H,12H2,1H3. The highest BCUT2D eigenvalue weighted by Gasteiger charge is 2.22. The Labute approximate surface area is 94.1 Å². The first kappa shape index (κ1) is 12.8. The lowest BCUT2D eigenvalue weighted by molar-refractivity contribution is -0.385. The normalized spacial score (nSPS) is 10.4. The summed E-state index contributed by atoms with van der Waals surface area (Å²) in [5, 5.41) is 10.6. The van der Waals surface area contributed by atoms with Gasteiger partial charge in [0.15, 0.2) is 5.78 Å². The Morgan fingerprint density at radius 2 is 2.12 bits per heavy atom. The van der Waals surface area contributed by atoms with Crippen molar-refractivity contribution in [3.05, 3.63) is 27.8 Å². The van der Waals surface area contributed by atoms with Crippen LogP contribution in [0, 0.1) is 10.1 Å². The molecule has 0 bridgehead atoms. The minimum absolute atomic E-state index is 0.331. The number of benzene rings is 1. The Morgan fingerprint density at radius 1 is 1.53 bits per heavy atom. The molecule has 2 N–H and O–H groups in total. The van der Waals surface area contributed by atoms with E-state index in [1.54, 1.807) is 0 Å². The van der Waals surface area contributed by atoms with Gasteiger partial charge in [-0.3, -0.25) is 14.9 Å². The van der Waals surface area contributed by atoms with Crippen molar-refractivity contribution < 1.29 is 23.2 Å². The molecule has 0 amide bonds. The molecule has 0 unspecified atom stereocenters. The average Bonchev–Trinajstić information content (AvgIpc) is 2.19. The first-order chi connectivity index (χ1) is 7.82. The maximum atomic E-state index is 12.0. The second-order valence-corrected chi connectivity index (χ2v) is 3.10. The van der Waals surface area contributed by atoms with Crippen molar-refractivity contribution in [2.75, 3.05) is 5.73 Å². The first-order valence-electron chi connectivity index (χ1n) is 4.36. The molecule has 0 saturated carbocycles. The summed E-state index contributed by atoms with van der Waals surface area (Å²) in [6, 6.07) is 1.65. The highest BCUT2D eigenvalue weighted by atomic mass is 19.3. The number of carbonyl (C=O) groups is 1. The summed E-state index contributed by atoms with van der Waals surface area (Å²) in [5.74, 6) is -1.10. The molecule has 0 aliphatic heterocycles. The second kappa shape index (κ2) is 4.73. The molecular weight excluding hydrogens is 238 g/mol. The van der Waals surface area contributed by atoms with Crippen LogP contribution in [-0.2, 0) is 0 Å². The number of carbonyl (C=O) groups excluding carboxylic acids is 1. The smallest absolute Gasteiger partial charge is 0.387 e. The molecule has 6 nitrogen and oxygen atoms in total. The van der Waals surface area contributed by atoms with Crippen LogP contribution < -0.4 is 10.5 Å². The fourth-order valence-electron chi connectivity index (χ4n) is 1.22. The van der Waals surface area contributed by atoms with Crippen molar-refractivity contribution in [3.8, 4) is 5.75 Å². The summed E-state index contributed by atoms with van der Waals surface area (Å²) in [4.78, 5) is 20.9. The minimum Gasteiger partial charge on any atom is -0.433 e. The van der Waals surface area contributed by atoms with E-state index in [-0.39, 0.29) is 11.3 Å². The first-order valence-corrected chi connectivity index (χ1v) is 4.36. The second-order valence-electron chi connectivity index (χ2n) is 3.10. The number of ketones is 1. The van der Waals surface area contributed by atoms with Gasteiger partial charge in [0.2, 0.25) is 0 Å². The summed E-state index contributed by atoms with van der Waals surface area (Å²) in [6.45, 7) is -2.05. The monoisotopic (exact) mass is 246 g/mol. The number of ether oxygens (including phenoxy) is 1. The Bertz CT molecular complexity index is 476. The Morgan fingerprint density at radius 3 is 2.53 bits per heavy atom. The summed E-state index contributed by atoms with van der Waals surface area (Å²) >= 11 is 0. The van der Waals surface area contributed by atoms with Gasteiger partial charge in [-0.05, 0) is 6.92 Å². The van der Waals surface area contributed by atoms with Crippen LogP contribution in [0.15, 0.2) is 12.1 Å². The van der Waals surface area contributed by atoms with Crippen LogP contribution in [0.25, 0.3) is 0 Å². The molecule has 0 aromatic heterocycles. The van der Waals surface area contributed by atoms with Gasteiger partial charge < -0.3 is 10.5 Å². The van der Waals surface area contributed by atoms with Crippen LogP contribution in [0.3, 0.4) is 0 Å². The zero-order valence-corrected chi connectivity index (χ0v) is 8.65. The predicted octanol–water partition coefficient (Wildman–Crippen LogP) is 1.98. The van der Waals surface area contributed by atoms with E-state index >= 15 is 0 Å². The number of nitrogens with two attached hydrogens (primary N) is 1. The highest BCUT2D eigenvalue weighted by Crippen LogP contribution is 2.31. The van der Waals surface area contributed by atoms with Crippen LogP contribution in [0.2, 0.25) is 0 Å². The zero-order chi connectivity index (χ0) is 13.2. The molecule has 0 spiro atoms. The molecule has 0 heterocycles. The van der Waals surface area contributed by atoms with E-state index in [4.69, 9.17) is 5.73 Å². The van der Waals surface area contributed by atoms with Gasteiger partial charge in [0, 0.05) is 12.1 Å². The summed E-state index contributed by atoms with van der Waals surface area (Å²) in [5.41, 5.74) is 4.09. The molecule has 17 heavy (non-hydrogen) atoms. The number of halogens is 2. The van der Waals surface area contributed by atoms with Crippen molar-refractivity contribution in [1.82, 2.24) is 0 Å². The van der Waals surface area contributed by atoms with E-state index in [0.717, 1.165) is 19.1 Å². The summed E-state index contributed by atoms with van der Waals surface area (Å²) in [6.07, 6.45) is 0. The number of Topliss-reactive ketones (excluding diaryl/α,β-unsaturated/α-hetero) is 1. The van der Waals surface area contributed by atoms with Crippen molar-refractivity contribution in [1.29, 1.82) is 0 Å². The molecule has 92 valence electrons. The number of rotatable bonds is 4. The molecule has 0 radical (unpaired) electrons. The molecule has 0 aliphatic rings. The Hall–Kier alpha value is -2.25. The van der Waals surface area contributed by atoms with E-state index in [2.05, 4.69) is 4.74 Å². The molecule has 8 heteroatoms. The van der Waals surface area contributed by atoms with Gasteiger partial charge in [0.25, 0.3) is 5.69 Å². The highest BCUT2D eigenvalue weighted by molar-refractivity contribution is 5.99. The SMILES string of the molecule is CC(=O)c1cc(OC(F)F)c(N)cc1[N+](=O)[O-]. The lowest BCUT2D eigenvalue weighted by atomic mass is 10.1. The van der Waals surface area contributed by atoms with Gasteiger partial charge >= 0.3 is 6.61 Å². The van der Waals surface area contributed by atoms with E-state index in [1.807, 2.05) is 0 Å². The molecule has 0 fully saturated rings. The third-order valence-corrected chi connectivity index (χ3v) is 1.92. The predicted molar refractivity (Wildman–Crippen MR) is 54.1 cm³/mol. The maximum Gasteiger partial charge on any atom is 0.387 e. The minimum atomic E-state index is -3.13. The number of nitrogen functional groups attached to an aromatic ring is 1. The lowest BCUT2D eigenvalue weighted by Crippen LogP contribution is -2.08. The topological polar surface area (TPSA) is 95.5 Å². The van der Waals surface area contributed by atoms with E-state index < -0.39 is 28.8 Å². The van der Waals surface area contributed by atoms with Crippen LogP contribution in [0.5, 0.6) is 5.75 Å². The summed E-state index contributed by atoms with van der Waals surface area (Å²) < 4.78 is 28.0. The van der Waals surface area contributed by atoms with Crippen molar-refractivity contribution in [2.45, 2.75) is 13.5 Å². The number of hydrogen-bond acceptors (Lipinski definition) is 5. The number of nitro groups is 1. The molecular formula is C9H8F2N2O4. The van der Waals surface area contributed by atoms with Crippen LogP contribution in [0.4, 0.5) is 20.2 Å². The van der Waals surface area contributed by atoms with Crippen LogP contribution in [0.1, 0.15) is 17.3 Å². The molecule has 1 aromatic rings. The number of alkyl halides is 2. The largest absolute Gasteiger partial charge is 0.433 e. The fourth-order valence-corrected chi connectivity index (χ4v) is 1.22. The molecule has 0 atom stereocenters. The van der Waals surface area contributed by atoms with E-state index in [9.17, 15) is 23.7 Å². The van der Waals surface area contributed by atoms with Crippen LogP contribution in [-0.4, -0.2) is 17.3 Å². The maximum absolute atomic E-state index is 12.0. The number of nitrogens with zero attached hydrogens (tertiary/aromatic N) is 1. The third kappa shape index (κ3) is 2.86. The zero-order valence-electron chi connectivity index (χ0n) is 8.65. The number of nitro benzene ring substituents is 1. The lowest BCUT2D eigenvalue weighted by Gasteiger charge is -2.09. The Kier molecular flexibility index (Phi) is 3.56. The van der Waals surface area contributed by atoms with Gasteiger partial charge in [-0.15, -0.1) is 0 Å². The van der Waals surface area contributed by atoms with Crippen LogP contribution >= 0.6 is 0 Å². The molecule has 1 aromatic carbocycles. The average molecular weight is 246 g/mol. The quantitative estimate of drug-likeness (QED) is 0.379. The van der Waals surface area contributed by atoms with E-state index in [0.29, 0.717) is 0 Å². The van der Waals surface area contributed by atoms with Gasteiger partial charge in [-0.1, -0.05) is 0 Å². The van der Waals surface area contributed by atoms with Crippen molar-refractivity contribution >= 4 is 17.2 Å². The third-order valence-electron chi connectivity index (χ3n) is 1.92. The molecule has 1 rings (SSSR count). The summed E-state index contributed by atoms with van der Waals surface area (Å²) in [7, 11) is 0. The van der Waals surface area contributed by atoms with Gasteiger partial charge in [-0.25, -0.2) is 0 Å². The van der Waals surface area contributed by atoms with Gasteiger partial charge in [-0.2, -0.15) is 8.78 Å². The fraction of sp³-hybridized carbons (Fsp3) is 0.222. The molecule has 0 saturated heterocycles. The molecule has 0 aliphatic carbocycles. The number of hydrogen-bond donors (Lipinski definition) is 1. The number of anilines is 1. The van der Waals surface area contributed by atoms with Crippen molar-refractivity contribution in [2.24, 2.45) is 0 Å². The van der Waals surface area contributed by atoms with E-state index in [1.165, 1.54) is 0 Å². The Balaban J connectivity index is 3.34. The van der Waals surface area contributed by atoms with Crippen molar-refractivity contribution in [3.63, 3.8) is 0 Å². The van der Waals surface area contributed by atoms with Gasteiger partial charge in [0.1, 0.15) is 5.75 Å².